The number of carboxylic acids is 1. The van der Waals surface area contributed by atoms with Crippen molar-refractivity contribution in [2.24, 2.45) is 5.92 Å². The first kappa shape index (κ1) is 15.6. The van der Waals surface area contributed by atoms with E-state index in [2.05, 4.69) is 5.32 Å². The van der Waals surface area contributed by atoms with Crippen molar-refractivity contribution in [3.05, 3.63) is 28.8 Å². The molecule has 0 fully saturated rings. The zero-order valence-corrected chi connectivity index (χ0v) is 12.5. The lowest BCUT2D eigenvalue weighted by molar-refractivity contribution is -0.137. The summed E-state index contributed by atoms with van der Waals surface area (Å²) >= 11 is 5.95. The summed E-state index contributed by atoms with van der Waals surface area (Å²) in [6.07, 6.45) is 1.03. The van der Waals surface area contributed by atoms with Gasteiger partial charge in [-0.2, -0.15) is 0 Å². The number of hydrogen-bond donors (Lipinski definition) is 2. The Balaban J connectivity index is 1.91. The predicted molar refractivity (Wildman–Crippen MR) is 78.6 cm³/mol. The molecule has 2 unspecified atom stereocenters. The van der Waals surface area contributed by atoms with E-state index in [1.807, 2.05) is 6.07 Å². The average molecular weight is 312 g/mol. The third kappa shape index (κ3) is 4.36. The molecule has 1 aromatic carbocycles. The highest BCUT2D eigenvalue weighted by Crippen LogP contribution is 2.29. The van der Waals surface area contributed by atoms with Gasteiger partial charge in [-0.1, -0.05) is 11.6 Å². The summed E-state index contributed by atoms with van der Waals surface area (Å²) in [6.45, 7) is 2.13. The summed E-state index contributed by atoms with van der Waals surface area (Å²) in [6, 6.07) is 5.20. The summed E-state index contributed by atoms with van der Waals surface area (Å²) in [4.78, 5) is 22.7. The molecule has 21 heavy (non-hydrogen) atoms. The highest BCUT2D eigenvalue weighted by atomic mass is 35.5. The van der Waals surface area contributed by atoms with Gasteiger partial charge in [-0.05, 0) is 43.5 Å². The third-order valence-corrected chi connectivity index (χ3v) is 3.71. The van der Waals surface area contributed by atoms with Crippen LogP contribution in [-0.4, -0.2) is 29.6 Å². The van der Waals surface area contributed by atoms with Gasteiger partial charge in [0.2, 0.25) is 5.91 Å². The summed E-state index contributed by atoms with van der Waals surface area (Å²) in [7, 11) is 0. The predicted octanol–water partition coefficient (Wildman–Crippen LogP) is 2.26. The highest BCUT2D eigenvalue weighted by Gasteiger charge is 2.26. The van der Waals surface area contributed by atoms with Crippen molar-refractivity contribution in [3.8, 4) is 5.75 Å². The minimum Gasteiger partial charge on any atom is -0.492 e. The molecule has 0 aromatic heterocycles. The van der Waals surface area contributed by atoms with Crippen molar-refractivity contribution in [2.45, 2.75) is 32.2 Å². The van der Waals surface area contributed by atoms with Crippen LogP contribution in [0.1, 0.15) is 25.3 Å². The molecule has 2 atom stereocenters. The van der Waals surface area contributed by atoms with Crippen molar-refractivity contribution < 1.29 is 19.4 Å². The normalized spacial score (nSPS) is 18.3. The Labute approximate surface area is 128 Å². The van der Waals surface area contributed by atoms with Gasteiger partial charge < -0.3 is 15.2 Å². The Morgan fingerprint density at radius 1 is 1.52 bits per heavy atom. The van der Waals surface area contributed by atoms with Gasteiger partial charge in [0.05, 0.1) is 5.92 Å². The lowest BCUT2D eigenvalue weighted by Crippen LogP contribution is -2.41. The molecule has 1 heterocycles. The minimum absolute atomic E-state index is 0.0427. The fourth-order valence-electron chi connectivity index (χ4n) is 2.30. The van der Waals surface area contributed by atoms with E-state index in [0.29, 0.717) is 24.5 Å². The van der Waals surface area contributed by atoms with E-state index in [0.717, 1.165) is 11.3 Å². The Bertz CT molecular complexity index is 546. The standard InChI is InChI=1S/C15H18ClNO4/c1-9(2-5-14(18)19)17-15(20)11-6-10-7-12(16)3-4-13(10)21-8-11/h3-4,7,9,11H,2,5-6,8H2,1H3,(H,17,20)(H,18,19). The lowest BCUT2D eigenvalue weighted by Gasteiger charge is -2.26. The molecule has 114 valence electrons. The molecule has 1 aromatic rings. The monoisotopic (exact) mass is 311 g/mol. The molecule has 0 saturated heterocycles. The number of halogens is 1. The Kier molecular flexibility index (Phi) is 5.07. The van der Waals surface area contributed by atoms with Crippen molar-refractivity contribution in [2.75, 3.05) is 6.61 Å². The van der Waals surface area contributed by atoms with Gasteiger partial charge in [-0.15, -0.1) is 0 Å². The van der Waals surface area contributed by atoms with E-state index in [9.17, 15) is 9.59 Å². The molecule has 1 aliphatic rings. The fraction of sp³-hybridized carbons (Fsp3) is 0.467. The molecule has 5 nitrogen and oxygen atoms in total. The second kappa shape index (κ2) is 6.80. The first-order chi connectivity index (χ1) is 9.95. The minimum atomic E-state index is -0.860. The number of ether oxygens (including phenoxy) is 1. The zero-order chi connectivity index (χ0) is 15.4. The number of nitrogens with one attached hydrogen (secondary N) is 1. The topological polar surface area (TPSA) is 75.6 Å². The zero-order valence-electron chi connectivity index (χ0n) is 11.8. The molecule has 1 aliphatic heterocycles. The maximum atomic E-state index is 12.2. The first-order valence-corrected chi connectivity index (χ1v) is 7.27. The van der Waals surface area contributed by atoms with Gasteiger partial charge in [0, 0.05) is 17.5 Å². The van der Waals surface area contributed by atoms with E-state index in [-0.39, 0.29) is 24.3 Å². The fourth-order valence-corrected chi connectivity index (χ4v) is 2.50. The second-order valence-corrected chi connectivity index (χ2v) is 5.74. The number of carbonyl (C=O) groups excluding carboxylic acids is 1. The molecule has 0 saturated carbocycles. The maximum absolute atomic E-state index is 12.2. The van der Waals surface area contributed by atoms with E-state index >= 15 is 0 Å². The van der Waals surface area contributed by atoms with Gasteiger partial charge >= 0.3 is 5.97 Å². The number of aliphatic carboxylic acids is 1. The molecule has 2 rings (SSSR count). The highest BCUT2D eigenvalue weighted by molar-refractivity contribution is 6.30. The molecule has 1 amide bonds. The van der Waals surface area contributed by atoms with Crippen LogP contribution < -0.4 is 10.1 Å². The van der Waals surface area contributed by atoms with Crippen LogP contribution in [0, 0.1) is 5.92 Å². The Morgan fingerprint density at radius 2 is 2.29 bits per heavy atom. The van der Waals surface area contributed by atoms with E-state index in [1.165, 1.54) is 0 Å². The van der Waals surface area contributed by atoms with Crippen molar-refractivity contribution in [3.63, 3.8) is 0 Å². The van der Waals surface area contributed by atoms with Crippen molar-refractivity contribution in [1.82, 2.24) is 5.32 Å². The number of hydrogen-bond acceptors (Lipinski definition) is 3. The molecule has 0 radical (unpaired) electrons. The van der Waals surface area contributed by atoms with Gasteiger partial charge in [-0.25, -0.2) is 0 Å². The van der Waals surface area contributed by atoms with Crippen molar-refractivity contribution >= 4 is 23.5 Å². The number of rotatable bonds is 5. The van der Waals surface area contributed by atoms with Crippen LogP contribution in [0.2, 0.25) is 5.02 Å². The molecule has 0 spiro atoms. The van der Waals surface area contributed by atoms with Crippen molar-refractivity contribution in [1.29, 1.82) is 0 Å². The van der Waals surface area contributed by atoms with Crippen LogP contribution in [-0.2, 0) is 16.0 Å². The molecule has 0 aliphatic carbocycles. The summed E-state index contributed by atoms with van der Waals surface area (Å²) in [5, 5.41) is 12.1. The maximum Gasteiger partial charge on any atom is 0.303 e. The van der Waals surface area contributed by atoms with Gasteiger partial charge in [0.25, 0.3) is 0 Å². The van der Waals surface area contributed by atoms with Crippen LogP contribution in [0.5, 0.6) is 5.75 Å². The van der Waals surface area contributed by atoms with Crippen LogP contribution >= 0.6 is 11.6 Å². The molecule has 6 heteroatoms. The SMILES string of the molecule is CC(CCC(=O)O)NC(=O)C1COc2ccc(Cl)cc2C1. The van der Waals surface area contributed by atoms with Gasteiger partial charge in [0.15, 0.2) is 0 Å². The van der Waals surface area contributed by atoms with Crippen LogP contribution in [0.3, 0.4) is 0 Å². The molecular weight excluding hydrogens is 294 g/mol. The van der Waals surface area contributed by atoms with Crippen LogP contribution in [0.15, 0.2) is 18.2 Å². The number of carboxylic acid groups (broad SMARTS) is 1. The smallest absolute Gasteiger partial charge is 0.303 e. The summed E-state index contributed by atoms with van der Waals surface area (Å²) < 4.78 is 5.58. The van der Waals surface area contributed by atoms with E-state index in [1.54, 1.807) is 19.1 Å². The summed E-state index contributed by atoms with van der Waals surface area (Å²) in [5.74, 6) is -0.482. The Morgan fingerprint density at radius 3 is 3.00 bits per heavy atom. The van der Waals surface area contributed by atoms with Gasteiger partial charge in [-0.3, -0.25) is 9.59 Å². The first-order valence-electron chi connectivity index (χ1n) is 6.89. The van der Waals surface area contributed by atoms with Crippen LogP contribution in [0.25, 0.3) is 0 Å². The third-order valence-electron chi connectivity index (χ3n) is 3.48. The second-order valence-electron chi connectivity index (χ2n) is 5.31. The Hall–Kier alpha value is -1.75. The van der Waals surface area contributed by atoms with E-state index in [4.69, 9.17) is 21.4 Å². The lowest BCUT2D eigenvalue weighted by atomic mass is 9.95. The number of fused-ring (bicyclic) bond motifs is 1. The molecule has 0 bridgehead atoms. The number of carbonyl (C=O) groups is 2. The molecule has 2 N–H and O–H groups in total. The average Bonchev–Trinajstić information content (AvgIpc) is 2.44. The summed E-state index contributed by atoms with van der Waals surface area (Å²) in [5.41, 5.74) is 0.923. The quantitative estimate of drug-likeness (QED) is 0.874. The van der Waals surface area contributed by atoms with Gasteiger partial charge in [0.1, 0.15) is 12.4 Å². The largest absolute Gasteiger partial charge is 0.492 e. The number of amides is 1. The number of benzene rings is 1. The van der Waals surface area contributed by atoms with E-state index < -0.39 is 5.97 Å². The molecular formula is C15H18ClNO4. The van der Waals surface area contributed by atoms with Crippen LogP contribution in [0.4, 0.5) is 0 Å².